The van der Waals surface area contributed by atoms with Crippen molar-refractivity contribution < 1.29 is 17.9 Å². The van der Waals surface area contributed by atoms with E-state index in [2.05, 4.69) is 30.0 Å². The SMILES string of the molecule is CC(c1ccc2ccc(OC3CCC(C(F)(F)F)CC3)c(Cl)c2c1)N1CCCCC1. The first-order valence-corrected chi connectivity index (χ1v) is 11.4. The average Bonchev–Trinajstić information content (AvgIpc) is 2.75. The highest BCUT2D eigenvalue weighted by Gasteiger charge is 2.41. The Morgan fingerprint density at radius 3 is 2.33 bits per heavy atom. The fraction of sp³-hybridized carbons (Fsp3) is 0.583. The minimum atomic E-state index is -4.10. The fourth-order valence-corrected chi connectivity index (χ4v) is 5.11. The number of likely N-dealkylation sites (tertiary alicyclic amines) is 1. The van der Waals surface area contributed by atoms with Crippen molar-refractivity contribution in [3.8, 4) is 5.75 Å². The van der Waals surface area contributed by atoms with E-state index in [4.69, 9.17) is 16.3 Å². The first-order chi connectivity index (χ1) is 14.3. The predicted octanol–water partition coefficient (Wildman–Crippen LogP) is 7.54. The van der Waals surface area contributed by atoms with Gasteiger partial charge in [0.15, 0.2) is 0 Å². The quantitative estimate of drug-likeness (QED) is 0.487. The summed E-state index contributed by atoms with van der Waals surface area (Å²) in [6.07, 6.45) is 0.531. The van der Waals surface area contributed by atoms with Gasteiger partial charge in [0.25, 0.3) is 0 Å². The molecule has 164 valence electrons. The Morgan fingerprint density at radius 2 is 1.67 bits per heavy atom. The number of hydrogen-bond donors (Lipinski definition) is 0. The van der Waals surface area contributed by atoms with Crippen LogP contribution in [0.2, 0.25) is 5.02 Å². The van der Waals surface area contributed by atoms with Crippen LogP contribution in [0.4, 0.5) is 13.2 Å². The van der Waals surface area contributed by atoms with Gasteiger partial charge in [-0.15, -0.1) is 0 Å². The third kappa shape index (κ3) is 4.72. The molecular weight excluding hydrogens is 411 g/mol. The summed E-state index contributed by atoms with van der Waals surface area (Å²) >= 11 is 6.71. The lowest BCUT2D eigenvalue weighted by Crippen LogP contribution is -2.32. The maximum atomic E-state index is 12.9. The third-order valence-electron chi connectivity index (χ3n) is 6.80. The zero-order chi connectivity index (χ0) is 21.3. The van der Waals surface area contributed by atoms with Gasteiger partial charge in [-0.05, 0) is 81.6 Å². The molecule has 2 fully saturated rings. The summed E-state index contributed by atoms with van der Waals surface area (Å²) in [6.45, 7) is 4.48. The number of alkyl halides is 3. The summed E-state index contributed by atoms with van der Waals surface area (Å²) < 4.78 is 44.8. The van der Waals surface area contributed by atoms with Crippen molar-refractivity contribution in [3.63, 3.8) is 0 Å². The highest BCUT2D eigenvalue weighted by molar-refractivity contribution is 6.37. The monoisotopic (exact) mass is 439 g/mol. The highest BCUT2D eigenvalue weighted by Crippen LogP contribution is 2.41. The summed E-state index contributed by atoms with van der Waals surface area (Å²) in [5, 5.41) is 2.54. The van der Waals surface area contributed by atoms with Gasteiger partial charge >= 0.3 is 6.18 Å². The summed E-state index contributed by atoms with van der Waals surface area (Å²) in [6, 6.07) is 10.5. The van der Waals surface area contributed by atoms with Crippen LogP contribution < -0.4 is 4.74 Å². The Balaban J connectivity index is 1.50. The number of nitrogens with zero attached hydrogens (tertiary/aromatic N) is 1. The van der Waals surface area contributed by atoms with E-state index in [1.807, 2.05) is 12.1 Å². The van der Waals surface area contributed by atoms with Gasteiger partial charge in [-0.25, -0.2) is 0 Å². The van der Waals surface area contributed by atoms with Crippen LogP contribution in [0.25, 0.3) is 10.8 Å². The minimum Gasteiger partial charge on any atom is -0.489 e. The van der Waals surface area contributed by atoms with Crippen LogP contribution >= 0.6 is 11.6 Å². The Bertz CT molecular complexity index is 871. The first kappa shape index (κ1) is 21.8. The summed E-state index contributed by atoms with van der Waals surface area (Å²) in [7, 11) is 0. The van der Waals surface area contributed by atoms with Crippen LogP contribution in [-0.2, 0) is 0 Å². The van der Waals surface area contributed by atoms with E-state index in [0.717, 1.165) is 23.9 Å². The number of halogens is 4. The van der Waals surface area contributed by atoms with Gasteiger partial charge < -0.3 is 4.74 Å². The molecule has 1 atom stereocenters. The van der Waals surface area contributed by atoms with Crippen molar-refractivity contribution in [1.29, 1.82) is 0 Å². The van der Waals surface area contributed by atoms with Crippen molar-refractivity contribution in [2.24, 2.45) is 5.92 Å². The first-order valence-electron chi connectivity index (χ1n) is 11.0. The maximum Gasteiger partial charge on any atom is 0.391 e. The van der Waals surface area contributed by atoms with Gasteiger partial charge in [-0.3, -0.25) is 4.90 Å². The maximum absolute atomic E-state index is 12.9. The van der Waals surface area contributed by atoms with Gasteiger partial charge in [0, 0.05) is 11.4 Å². The molecule has 2 aromatic rings. The lowest BCUT2D eigenvalue weighted by Gasteiger charge is -2.32. The summed E-state index contributed by atoms with van der Waals surface area (Å²) in [5.41, 5.74) is 1.23. The molecule has 2 aliphatic rings. The smallest absolute Gasteiger partial charge is 0.391 e. The van der Waals surface area contributed by atoms with Crippen LogP contribution in [-0.4, -0.2) is 30.3 Å². The van der Waals surface area contributed by atoms with Crippen molar-refractivity contribution >= 4 is 22.4 Å². The highest BCUT2D eigenvalue weighted by atomic mass is 35.5. The molecule has 4 rings (SSSR count). The van der Waals surface area contributed by atoms with E-state index in [-0.39, 0.29) is 18.9 Å². The second kappa shape index (κ2) is 8.96. The second-order valence-corrected chi connectivity index (χ2v) is 9.14. The molecule has 1 saturated carbocycles. The van der Waals surface area contributed by atoms with Gasteiger partial charge in [0.1, 0.15) is 5.75 Å². The lowest BCUT2D eigenvalue weighted by molar-refractivity contribution is -0.185. The largest absolute Gasteiger partial charge is 0.489 e. The molecule has 30 heavy (non-hydrogen) atoms. The molecule has 0 aromatic heterocycles. The molecular formula is C24H29ClF3NO. The van der Waals surface area contributed by atoms with Gasteiger partial charge in [-0.1, -0.05) is 36.2 Å². The number of hydrogen-bond acceptors (Lipinski definition) is 2. The Morgan fingerprint density at radius 1 is 1.00 bits per heavy atom. The van der Waals surface area contributed by atoms with E-state index in [9.17, 15) is 13.2 Å². The molecule has 0 bridgehead atoms. The molecule has 0 amide bonds. The predicted molar refractivity (Wildman–Crippen MR) is 115 cm³/mol. The topological polar surface area (TPSA) is 12.5 Å². The van der Waals surface area contributed by atoms with E-state index in [0.29, 0.717) is 29.7 Å². The fourth-order valence-electron chi connectivity index (χ4n) is 4.84. The lowest BCUT2D eigenvalue weighted by atomic mass is 9.87. The van der Waals surface area contributed by atoms with Crippen LogP contribution in [0, 0.1) is 5.92 Å². The molecule has 0 radical (unpaired) electrons. The summed E-state index contributed by atoms with van der Waals surface area (Å²) in [4.78, 5) is 2.51. The van der Waals surface area contributed by atoms with Crippen LogP contribution in [0.1, 0.15) is 63.5 Å². The number of ether oxygens (including phenoxy) is 1. The van der Waals surface area contributed by atoms with Crippen LogP contribution in [0.3, 0.4) is 0 Å². The molecule has 1 aliphatic heterocycles. The van der Waals surface area contributed by atoms with E-state index in [1.54, 1.807) is 0 Å². The number of piperidine rings is 1. The zero-order valence-electron chi connectivity index (χ0n) is 17.4. The molecule has 6 heteroatoms. The van der Waals surface area contributed by atoms with E-state index < -0.39 is 12.1 Å². The van der Waals surface area contributed by atoms with Crippen molar-refractivity contribution in [1.82, 2.24) is 4.90 Å². The van der Waals surface area contributed by atoms with E-state index >= 15 is 0 Å². The van der Waals surface area contributed by atoms with Gasteiger partial charge in [0.2, 0.25) is 0 Å². The van der Waals surface area contributed by atoms with Crippen molar-refractivity contribution in [2.45, 2.75) is 70.2 Å². The molecule has 0 spiro atoms. The van der Waals surface area contributed by atoms with Gasteiger partial charge in [-0.2, -0.15) is 13.2 Å². The Kier molecular flexibility index (Phi) is 6.50. The normalized spacial score (nSPS) is 24.7. The van der Waals surface area contributed by atoms with E-state index in [1.165, 1.54) is 24.8 Å². The molecule has 1 aliphatic carbocycles. The van der Waals surface area contributed by atoms with Gasteiger partial charge in [0.05, 0.1) is 17.0 Å². The van der Waals surface area contributed by atoms with Crippen molar-refractivity contribution in [3.05, 3.63) is 40.9 Å². The number of rotatable bonds is 4. The number of fused-ring (bicyclic) bond motifs is 1. The van der Waals surface area contributed by atoms with Crippen LogP contribution in [0.5, 0.6) is 5.75 Å². The summed E-state index contributed by atoms with van der Waals surface area (Å²) in [5.74, 6) is -0.634. The number of benzene rings is 2. The average molecular weight is 440 g/mol. The van der Waals surface area contributed by atoms with Crippen molar-refractivity contribution in [2.75, 3.05) is 13.1 Å². The third-order valence-corrected chi connectivity index (χ3v) is 7.19. The molecule has 0 N–H and O–H groups in total. The molecule has 1 unspecified atom stereocenters. The Hall–Kier alpha value is -1.46. The Labute approximate surface area is 181 Å². The standard InChI is InChI=1S/C24H29ClF3NO/c1-16(29-13-3-2-4-14-29)18-6-5-17-7-12-22(23(25)21(17)15-18)30-20-10-8-19(9-11-20)24(26,27)28/h5-7,12,15-16,19-20H,2-4,8-11,13-14H2,1H3. The minimum absolute atomic E-state index is 0.122. The molecule has 1 saturated heterocycles. The molecule has 1 heterocycles. The second-order valence-electron chi connectivity index (χ2n) is 8.76. The van der Waals surface area contributed by atoms with Crippen LogP contribution in [0.15, 0.2) is 30.3 Å². The zero-order valence-corrected chi connectivity index (χ0v) is 18.1. The molecule has 2 nitrogen and oxygen atoms in total. The molecule has 2 aromatic carbocycles.